The van der Waals surface area contributed by atoms with Gasteiger partial charge in [0.25, 0.3) is 5.91 Å². The van der Waals surface area contributed by atoms with Gasteiger partial charge in [-0.3, -0.25) is 14.5 Å². The fraction of sp³-hybridized carbons (Fsp3) is 0.448. The maximum atomic E-state index is 13.8. The van der Waals surface area contributed by atoms with E-state index in [2.05, 4.69) is 60.8 Å². The van der Waals surface area contributed by atoms with E-state index in [1.807, 2.05) is 43.3 Å². The molecule has 0 saturated carbocycles. The van der Waals surface area contributed by atoms with E-state index < -0.39 is 5.54 Å². The van der Waals surface area contributed by atoms with Crippen LogP contribution in [0.5, 0.6) is 0 Å². The summed E-state index contributed by atoms with van der Waals surface area (Å²) in [5.74, 6) is -0.215. The van der Waals surface area contributed by atoms with Crippen LogP contribution in [0.4, 0.5) is 0 Å². The summed E-state index contributed by atoms with van der Waals surface area (Å²) in [6.45, 7) is 6.72. The number of fused-ring (bicyclic) bond motifs is 2. The molecule has 5 rings (SSSR count). The van der Waals surface area contributed by atoms with Crippen molar-refractivity contribution in [1.82, 2.24) is 19.3 Å². The molecular formula is C29H36N4O2. The van der Waals surface area contributed by atoms with Crippen molar-refractivity contribution >= 4 is 22.7 Å². The number of rotatable bonds is 4. The summed E-state index contributed by atoms with van der Waals surface area (Å²) in [5, 5.41) is 1.29. The number of piperidine rings is 1. The summed E-state index contributed by atoms with van der Waals surface area (Å²) >= 11 is 0. The van der Waals surface area contributed by atoms with Gasteiger partial charge in [0.2, 0.25) is 5.91 Å². The van der Waals surface area contributed by atoms with Gasteiger partial charge in [0.15, 0.2) is 0 Å². The smallest absolute Gasteiger partial charge is 0.254 e. The van der Waals surface area contributed by atoms with Crippen LogP contribution in [0, 0.1) is 0 Å². The van der Waals surface area contributed by atoms with Crippen molar-refractivity contribution in [3.63, 3.8) is 0 Å². The fourth-order valence-electron chi connectivity index (χ4n) is 6.49. The van der Waals surface area contributed by atoms with Crippen LogP contribution in [-0.4, -0.2) is 69.8 Å². The van der Waals surface area contributed by atoms with Gasteiger partial charge >= 0.3 is 0 Å². The first-order valence-electron chi connectivity index (χ1n) is 12.6. The molecule has 1 spiro atoms. The van der Waals surface area contributed by atoms with Crippen LogP contribution in [-0.2, 0) is 18.4 Å². The first-order chi connectivity index (χ1) is 16.7. The van der Waals surface area contributed by atoms with E-state index in [4.69, 9.17) is 0 Å². The van der Waals surface area contributed by atoms with Crippen molar-refractivity contribution in [3.05, 3.63) is 71.4 Å². The molecule has 184 valence electrons. The number of aryl methyl sites for hydroxylation is 1. The first-order valence-corrected chi connectivity index (χ1v) is 12.6. The number of likely N-dealkylation sites (N-methyl/N-ethyl adjacent to an activating group) is 1. The number of likely N-dealkylation sites (tertiary alicyclic amines) is 1. The molecule has 3 heterocycles. The molecule has 1 saturated heterocycles. The van der Waals surface area contributed by atoms with E-state index in [1.54, 1.807) is 4.90 Å². The Morgan fingerprint density at radius 1 is 1.06 bits per heavy atom. The Bertz CT molecular complexity index is 1270. The molecule has 1 fully saturated rings. The molecule has 35 heavy (non-hydrogen) atoms. The Hall–Kier alpha value is -3.12. The molecule has 1 aromatic heterocycles. The zero-order chi connectivity index (χ0) is 24.9. The largest absolute Gasteiger partial charge is 0.350 e. The molecular weight excluding hydrogens is 436 g/mol. The number of nitrogens with zero attached hydrogens (tertiary/aromatic N) is 4. The summed E-state index contributed by atoms with van der Waals surface area (Å²) < 4.78 is 2.19. The Kier molecular flexibility index (Phi) is 5.96. The molecule has 1 atom stereocenters. The number of hydrogen-bond acceptors (Lipinski definition) is 3. The quantitative estimate of drug-likeness (QED) is 0.570. The van der Waals surface area contributed by atoms with E-state index in [-0.39, 0.29) is 23.8 Å². The highest BCUT2D eigenvalue weighted by Crippen LogP contribution is 2.48. The number of benzene rings is 2. The normalized spacial score (nSPS) is 20.0. The lowest BCUT2D eigenvalue weighted by Gasteiger charge is -2.57. The van der Waals surface area contributed by atoms with E-state index in [9.17, 15) is 9.59 Å². The highest BCUT2D eigenvalue weighted by molar-refractivity contribution is 6.02. The molecule has 0 N–H and O–H groups in total. The molecule has 0 bridgehead atoms. The van der Waals surface area contributed by atoms with Crippen molar-refractivity contribution in [2.45, 2.75) is 50.7 Å². The molecule has 6 heteroatoms. The van der Waals surface area contributed by atoms with Gasteiger partial charge in [0.1, 0.15) is 0 Å². The fourth-order valence-corrected chi connectivity index (χ4v) is 6.49. The molecule has 2 amide bonds. The monoisotopic (exact) mass is 472 g/mol. The van der Waals surface area contributed by atoms with E-state index in [0.29, 0.717) is 5.56 Å². The van der Waals surface area contributed by atoms with E-state index >= 15 is 0 Å². The van der Waals surface area contributed by atoms with Gasteiger partial charge in [0.05, 0.1) is 11.5 Å². The second kappa shape index (κ2) is 8.83. The van der Waals surface area contributed by atoms with Crippen molar-refractivity contribution in [3.8, 4) is 0 Å². The van der Waals surface area contributed by atoms with Gasteiger partial charge < -0.3 is 14.4 Å². The van der Waals surface area contributed by atoms with Gasteiger partial charge in [-0.1, -0.05) is 36.4 Å². The van der Waals surface area contributed by atoms with Crippen LogP contribution < -0.4 is 0 Å². The summed E-state index contributed by atoms with van der Waals surface area (Å²) in [7, 11) is 5.74. The molecule has 1 unspecified atom stereocenters. The summed E-state index contributed by atoms with van der Waals surface area (Å²) in [4.78, 5) is 33.7. The molecule has 2 aromatic carbocycles. The summed E-state index contributed by atoms with van der Waals surface area (Å²) in [5.41, 5.74) is 3.61. The summed E-state index contributed by atoms with van der Waals surface area (Å²) in [6.07, 6.45) is 3.79. The zero-order valence-electron chi connectivity index (χ0n) is 21.5. The van der Waals surface area contributed by atoms with Crippen LogP contribution >= 0.6 is 0 Å². The number of aromatic nitrogens is 1. The first kappa shape index (κ1) is 23.6. The average molecular weight is 473 g/mol. The van der Waals surface area contributed by atoms with Crippen LogP contribution in [0.25, 0.3) is 10.9 Å². The van der Waals surface area contributed by atoms with Crippen molar-refractivity contribution in [2.24, 2.45) is 7.05 Å². The minimum Gasteiger partial charge on any atom is -0.350 e. The van der Waals surface area contributed by atoms with Crippen LogP contribution in [0.15, 0.2) is 54.7 Å². The van der Waals surface area contributed by atoms with Gasteiger partial charge in [0, 0.05) is 69.5 Å². The third-order valence-electron chi connectivity index (χ3n) is 8.04. The second-order valence-electron chi connectivity index (χ2n) is 10.7. The van der Waals surface area contributed by atoms with Crippen molar-refractivity contribution in [1.29, 1.82) is 0 Å². The predicted octanol–water partition coefficient (Wildman–Crippen LogP) is 4.25. The van der Waals surface area contributed by atoms with Crippen molar-refractivity contribution in [2.75, 3.05) is 27.2 Å². The van der Waals surface area contributed by atoms with E-state index in [1.165, 1.54) is 16.5 Å². The molecule has 0 aliphatic carbocycles. The van der Waals surface area contributed by atoms with Crippen LogP contribution in [0.2, 0.25) is 0 Å². The maximum Gasteiger partial charge on any atom is 0.254 e. The second-order valence-corrected chi connectivity index (χ2v) is 10.7. The molecule has 2 aliphatic rings. The molecule has 6 nitrogen and oxygen atoms in total. The van der Waals surface area contributed by atoms with Crippen LogP contribution in [0.3, 0.4) is 0 Å². The predicted molar refractivity (Wildman–Crippen MR) is 139 cm³/mol. The number of hydrogen-bond donors (Lipinski definition) is 0. The highest BCUT2D eigenvalue weighted by Gasteiger charge is 2.56. The minimum absolute atomic E-state index is 0.0120. The Balaban J connectivity index is 1.50. The summed E-state index contributed by atoms with van der Waals surface area (Å²) in [6, 6.07) is 16.3. The Morgan fingerprint density at radius 3 is 2.40 bits per heavy atom. The Morgan fingerprint density at radius 2 is 1.71 bits per heavy atom. The number of carbonyl (C=O) groups is 2. The maximum absolute atomic E-state index is 13.8. The van der Waals surface area contributed by atoms with Gasteiger partial charge in [-0.2, -0.15) is 0 Å². The van der Waals surface area contributed by atoms with E-state index in [0.717, 1.165) is 38.0 Å². The third-order valence-corrected chi connectivity index (χ3v) is 8.04. The number of carbonyl (C=O) groups excluding carboxylic acids is 2. The van der Waals surface area contributed by atoms with Gasteiger partial charge in [-0.15, -0.1) is 0 Å². The molecule has 0 radical (unpaired) electrons. The topological polar surface area (TPSA) is 48.8 Å². The van der Waals surface area contributed by atoms with Gasteiger partial charge in [-0.05, 0) is 49.9 Å². The zero-order valence-corrected chi connectivity index (χ0v) is 21.5. The minimum atomic E-state index is -0.518. The Labute approximate surface area is 208 Å². The third kappa shape index (κ3) is 3.75. The molecule has 3 aromatic rings. The SMILES string of the molecule is CC(C)N1C(=O)c2ccccc2C(C(=O)N(C)C)C12CCN(Cc1cn(C)c3ccccc13)CC2. The van der Waals surface area contributed by atoms with Crippen molar-refractivity contribution < 1.29 is 9.59 Å². The average Bonchev–Trinajstić information content (AvgIpc) is 3.15. The van der Waals surface area contributed by atoms with Gasteiger partial charge in [-0.25, -0.2) is 0 Å². The molecule has 2 aliphatic heterocycles. The standard InChI is InChI=1S/C29H36N4O2/c1-20(2)33-27(34)24-12-7-6-11-23(24)26(28(35)30(3)4)29(33)14-16-32(17-15-29)19-21-18-31(5)25-13-9-8-10-22(21)25/h6-13,18,20,26H,14-17,19H2,1-5H3. The lowest BCUT2D eigenvalue weighted by Crippen LogP contribution is -2.66. The van der Waals surface area contributed by atoms with Crippen LogP contribution in [0.1, 0.15) is 54.1 Å². The number of para-hydroxylation sites is 1. The number of amides is 2. The lowest BCUT2D eigenvalue weighted by molar-refractivity contribution is -0.136. The lowest BCUT2D eigenvalue weighted by atomic mass is 9.66. The highest BCUT2D eigenvalue weighted by atomic mass is 16.2.